The highest BCUT2D eigenvalue weighted by atomic mass is 16.5. The zero-order chi connectivity index (χ0) is 22.5. The van der Waals surface area contributed by atoms with E-state index in [0.29, 0.717) is 32.2 Å². The number of guanidine groups is 1. The maximum Gasteiger partial charge on any atom is 0.233 e. The highest BCUT2D eigenvalue weighted by molar-refractivity contribution is 6.06. The van der Waals surface area contributed by atoms with Crippen molar-refractivity contribution in [3.63, 3.8) is 0 Å². The van der Waals surface area contributed by atoms with Crippen LogP contribution in [0.1, 0.15) is 19.8 Å². The number of methoxy groups -OCH3 is 1. The second-order valence-corrected chi connectivity index (χ2v) is 8.40. The summed E-state index contributed by atoms with van der Waals surface area (Å²) in [5, 5.41) is 6.44. The third kappa shape index (κ3) is 4.59. The standard InChI is InChI=1S/C24H32N4O4/c1-3-25-24(26-10-5-13-32-19-7-4-6-18(15-19)31-2)27-11-12-28-22(29)20-16-8-9-17(14-16)21(20)23(28)30/h4,6-9,15-17,20-21H,3,5,10-14H2,1-2H3,(H2,25,26,27). The van der Waals surface area contributed by atoms with E-state index in [1.54, 1.807) is 7.11 Å². The Morgan fingerprint density at radius 1 is 1.12 bits per heavy atom. The fraction of sp³-hybridized carbons (Fsp3) is 0.542. The van der Waals surface area contributed by atoms with Gasteiger partial charge in [0.15, 0.2) is 5.96 Å². The number of aliphatic imine (C=N–C) groups is 1. The molecule has 3 aliphatic rings. The molecule has 0 radical (unpaired) electrons. The van der Waals surface area contributed by atoms with Crippen molar-refractivity contribution in [1.29, 1.82) is 0 Å². The maximum absolute atomic E-state index is 12.8. The fourth-order valence-corrected chi connectivity index (χ4v) is 4.95. The van der Waals surface area contributed by atoms with E-state index in [1.165, 1.54) is 4.90 Å². The van der Waals surface area contributed by atoms with Crippen LogP contribution in [0.25, 0.3) is 0 Å². The van der Waals surface area contributed by atoms with Crippen molar-refractivity contribution in [3.8, 4) is 11.5 Å². The molecule has 4 unspecified atom stereocenters. The average Bonchev–Trinajstić information content (AvgIpc) is 3.48. The van der Waals surface area contributed by atoms with Crippen LogP contribution in [0, 0.1) is 23.7 Å². The second kappa shape index (κ2) is 10.1. The summed E-state index contributed by atoms with van der Waals surface area (Å²) >= 11 is 0. The molecule has 32 heavy (non-hydrogen) atoms. The minimum absolute atomic E-state index is 0.00437. The molecule has 1 heterocycles. The third-order valence-electron chi connectivity index (χ3n) is 6.42. The van der Waals surface area contributed by atoms with E-state index in [4.69, 9.17) is 9.47 Å². The predicted octanol–water partition coefficient (Wildman–Crippen LogP) is 1.83. The van der Waals surface area contributed by atoms with Gasteiger partial charge in [-0.15, -0.1) is 0 Å². The number of ether oxygens (including phenoxy) is 2. The minimum atomic E-state index is -0.135. The van der Waals surface area contributed by atoms with Crippen LogP contribution in [0.3, 0.4) is 0 Å². The highest BCUT2D eigenvalue weighted by Crippen LogP contribution is 2.52. The first-order valence-electron chi connectivity index (χ1n) is 11.4. The summed E-state index contributed by atoms with van der Waals surface area (Å²) < 4.78 is 10.9. The van der Waals surface area contributed by atoms with E-state index < -0.39 is 0 Å². The number of amides is 2. The molecule has 4 atom stereocenters. The maximum atomic E-state index is 12.8. The number of nitrogens with one attached hydrogen (secondary N) is 2. The normalized spacial score (nSPS) is 25.9. The van der Waals surface area contributed by atoms with Crippen molar-refractivity contribution < 1.29 is 19.1 Å². The molecule has 2 amide bonds. The molecule has 1 saturated heterocycles. The Hall–Kier alpha value is -3.03. The van der Waals surface area contributed by atoms with Gasteiger partial charge in [-0.05, 0) is 37.3 Å². The minimum Gasteiger partial charge on any atom is -0.497 e. The van der Waals surface area contributed by atoms with Crippen molar-refractivity contribution in [1.82, 2.24) is 15.5 Å². The Labute approximate surface area is 189 Å². The monoisotopic (exact) mass is 440 g/mol. The van der Waals surface area contributed by atoms with E-state index in [2.05, 4.69) is 27.8 Å². The number of rotatable bonds is 10. The molecule has 2 aliphatic carbocycles. The number of hydrogen-bond donors (Lipinski definition) is 2. The van der Waals surface area contributed by atoms with Crippen molar-refractivity contribution in [2.24, 2.45) is 28.7 Å². The summed E-state index contributed by atoms with van der Waals surface area (Å²) in [5.74, 6) is 2.43. The van der Waals surface area contributed by atoms with E-state index in [0.717, 1.165) is 30.9 Å². The van der Waals surface area contributed by atoms with Crippen LogP contribution in [0.5, 0.6) is 11.5 Å². The summed E-state index contributed by atoms with van der Waals surface area (Å²) in [4.78, 5) is 31.5. The lowest BCUT2D eigenvalue weighted by Crippen LogP contribution is -2.43. The van der Waals surface area contributed by atoms with Gasteiger partial charge in [0, 0.05) is 38.7 Å². The first-order chi connectivity index (χ1) is 15.6. The highest BCUT2D eigenvalue weighted by Gasteiger charge is 2.58. The first-order valence-corrected chi connectivity index (χ1v) is 11.4. The number of carbonyl (C=O) groups excluding carboxylic acids is 2. The molecule has 0 spiro atoms. The van der Waals surface area contributed by atoms with Crippen molar-refractivity contribution in [3.05, 3.63) is 36.4 Å². The topological polar surface area (TPSA) is 92.3 Å². The predicted molar refractivity (Wildman–Crippen MR) is 122 cm³/mol. The Morgan fingerprint density at radius 2 is 1.84 bits per heavy atom. The number of hydrogen-bond acceptors (Lipinski definition) is 5. The van der Waals surface area contributed by atoms with E-state index in [1.807, 2.05) is 31.2 Å². The second-order valence-electron chi connectivity index (χ2n) is 8.40. The molecule has 172 valence electrons. The quantitative estimate of drug-likeness (QED) is 0.190. The Kier molecular flexibility index (Phi) is 6.97. The molecule has 0 aromatic heterocycles. The van der Waals surface area contributed by atoms with Gasteiger partial charge in [-0.2, -0.15) is 0 Å². The Morgan fingerprint density at radius 3 is 2.53 bits per heavy atom. The number of fused-ring (bicyclic) bond motifs is 5. The molecule has 1 aliphatic heterocycles. The van der Waals surface area contributed by atoms with Gasteiger partial charge in [0.05, 0.1) is 25.6 Å². The lowest BCUT2D eigenvalue weighted by atomic mass is 9.85. The number of likely N-dealkylation sites (tertiary alicyclic amines) is 1. The number of benzene rings is 1. The summed E-state index contributed by atoms with van der Waals surface area (Å²) in [6.45, 7) is 4.72. The summed E-state index contributed by atoms with van der Waals surface area (Å²) in [6.07, 6.45) is 5.95. The van der Waals surface area contributed by atoms with Crippen molar-refractivity contribution in [2.75, 3.05) is 39.9 Å². The zero-order valence-electron chi connectivity index (χ0n) is 18.8. The van der Waals surface area contributed by atoms with Crippen LogP contribution in [-0.4, -0.2) is 62.6 Å². The largest absolute Gasteiger partial charge is 0.497 e. The molecule has 8 heteroatoms. The summed E-state index contributed by atoms with van der Waals surface area (Å²) in [7, 11) is 1.63. The van der Waals surface area contributed by atoms with Gasteiger partial charge >= 0.3 is 0 Å². The zero-order valence-corrected chi connectivity index (χ0v) is 18.8. The number of allylic oxidation sites excluding steroid dienone is 2. The van der Waals surface area contributed by atoms with Crippen molar-refractivity contribution in [2.45, 2.75) is 19.8 Å². The molecule has 1 aromatic rings. The third-order valence-corrected chi connectivity index (χ3v) is 6.42. The van der Waals surface area contributed by atoms with Crippen LogP contribution in [0.4, 0.5) is 0 Å². The first kappa shape index (κ1) is 22.2. The number of carbonyl (C=O) groups is 2. The lowest BCUT2D eigenvalue weighted by molar-refractivity contribution is -0.140. The van der Waals surface area contributed by atoms with Crippen LogP contribution in [-0.2, 0) is 9.59 Å². The molecule has 8 nitrogen and oxygen atoms in total. The van der Waals surface area contributed by atoms with E-state index >= 15 is 0 Å². The Balaban J connectivity index is 1.20. The Bertz CT molecular complexity index is 870. The van der Waals surface area contributed by atoms with Gasteiger partial charge in [0.25, 0.3) is 0 Å². The van der Waals surface area contributed by atoms with Gasteiger partial charge in [-0.25, -0.2) is 0 Å². The van der Waals surface area contributed by atoms with E-state index in [9.17, 15) is 9.59 Å². The molecule has 2 bridgehead atoms. The van der Waals surface area contributed by atoms with Crippen LogP contribution in [0.2, 0.25) is 0 Å². The van der Waals surface area contributed by atoms with Gasteiger partial charge in [0.1, 0.15) is 11.5 Å². The molecule has 4 rings (SSSR count). The van der Waals surface area contributed by atoms with Crippen LogP contribution in [0.15, 0.2) is 41.4 Å². The van der Waals surface area contributed by atoms with Crippen LogP contribution >= 0.6 is 0 Å². The average molecular weight is 441 g/mol. The number of imide groups is 1. The van der Waals surface area contributed by atoms with Gasteiger partial charge in [0.2, 0.25) is 11.8 Å². The van der Waals surface area contributed by atoms with Crippen molar-refractivity contribution >= 4 is 17.8 Å². The molecule has 1 aromatic carbocycles. The van der Waals surface area contributed by atoms with E-state index in [-0.39, 0.29) is 35.5 Å². The number of nitrogens with zero attached hydrogens (tertiary/aromatic N) is 2. The molecule has 1 saturated carbocycles. The molecular weight excluding hydrogens is 408 g/mol. The summed E-state index contributed by atoms with van der Waals surface area (Å²) in [6, 6.07) is 7.52. The van der Waals surface area contributed by atoms with Gasteiger partial charge < -0.3 is 20.1 Å². The smallest absolute Gasteiger partial charge is 0.233 e. The van der Waals surface area contributed by atoms with Gasteiger partial charge in [-0.3, -0.25) is 19.5 Å². The van der Waals surface area contributed by atoms with Crippen LogP contribution < -0.4 is 20.1 Å². The molecule has 2 fully saturated rings. The molecule has 2 N–H and O–H groups in total. The molecular formula is C24H32N4O4. The van der Waals surface area contributed by atoms with Gasteiger partial charge in [-0.1, -0.05) is 18.2 Å². The summed E-state index contributed by atoms with van der Waals surface area (Å²) in [5.41, 5.74) is 0. The SMILES string of the molecule is CCNC(=NCCCOc1cccc(OC)c1)NCCN1C(=O)C2C3C=CC(C3)C2C1=O. The fourth-order valence-electron chi connectivity index (χ4n) is 4.95. The lowest BCUT2D eigenvalue weighted by Gasteiger charge is -2.18.